The van der Waals surface area contributed by atoms with Crippen LogP contribution < -0.4 is 5.73 Å². The number of nitrogens with zero attached hydrogens (tertiary/aromatic N) is 5. The molecule has 6 nitrogen and oxygen atoms in total. The molecule has 1 saturated carbocycles. The van der Waals surface area contributed by atoms with E-state index < -0.39 is 0 Å². The fourth-order valence-corrected chi connectivity index (χ4v) is 6.36. The van der Waals surface area contributed by atoms with Crippen molar-refractivity contribution in [1.29, 1.82) is 0 Å². The molecule has 0 radical (unpaired) electrons. The minimum Gasteiger partial charge on any atom is -0.356 e. The second-order valence-electron chi connectivity index (χ2n) is 11.2. The number of pyridine rings is 1. The zero-order valence-corrected chi connectivity index (χ0v) is 21.7. The van der Waals surface area contributed by atoms with E-state index in [9.17, 15) is 0 Å². The summed E-state index contributed by atoms with van der Waals surface area (Å²) in [7, 11) is 2.15. The van der Waals surface area contributed by atoms with E-state index in [-0.39, 0.29) is 12.1 Å². The smallest absolute Gasteiger partial charge is 0.157 e. The van der Waals surface area contributed by atoms with Crippen molar-refractivity contribution in [3.63, 3.8) is 0 Å². The summed E-state index contributed by atoms with van der Waals surface area (Å²) in [5.74, 6) is 8.95. The third-order valence-electron chi connectivity index (χ3n) is 8.49. The van der Waals surface area contributed by atoms with Gasteiger partial charge < -0.3 is 19.8 Å². The summed E-state index contributed by atoms with van der Waals surface area (Å²) in [6.07, 6.45) is 7.30. The Bertz CT molecular complexity index is 1610. The normalized spacial score (nSPS) is 22.9. The molecule has 2 aliphatic carbocycles. The minimum atomic E-state index is 0.145. The van der Waals surface area contributed by atoms with E-state index in [0.29, 0.717) is 5.92 Å². The van der Waals surface area contributed by atoms with Crippen molar-refractivity contribution in [2.45, 2.75) is 57.7 Å². The van der Waals surface area contributed by atoms with Crippen molar-refractivity contribution in [2.24, 2.45) is 24.6 Å². The molecule has 8 rings (SSSR count). The van der Waals surface area contributed by atoms with Crippen LogP contribution in [0.4, 0.5) is 0 Å². The molecule has 4 aliphatic rings. The Morgan fingerprint density at radius 3 is 2.86 bits per heavy atom. The van der Waals surface area contributed by atoms with Gasteiger partial charge in [-0.25, -0.2) is 9.97 Å². The molecule has 0 spiro atoms. The monoisotopic (exact) mass is 490 g/mol. The summed E-state index contributed by atoms with van der Waals surface area (Å²) in [5.41, 5.74) is 14.3. The zero-order valence-electron chi connectivity index (χ0n) is 21.7. The molecule has 3 unspecified atom stereocenters. The number of benzene rings is 1. The average molecular weight is 491 g/mol. The molecule has 1 aromatic carbocycles. The molecule has 188 valence electrons. The lowest BCUT2D eigenvalue weighted by molar-refractivity contribution is 0.325. The third kappa shape index (κ3) is 3.76. The van der Waals surface area contributed by atoms with Gasteiger partial charge in [0, 0.05) is 49.4 Å². The number of aryl methyl sites for hydroxylation is 2. The van der Waals surface area contributed by atoms with Gasteiger partial charge in [0.05, 0.1) is 22.8 Å². The maximum Gasteiger partial charge on any atom is 0.157 e. The van der Waals surface area contributed by atoms with Crippen LogP contribution in [-0.4, -0.2) is 42.6 Å². The van der Waals surface area contributed by atoms with Crippen LogP contribution in [0.15, 0.2) is 43.1 Å². The first kappa shape index (κ1) is 22.6. The summed E-state index contributed by atoms with van der Waals surface area (Å²) < 4.78 is 4.66. The molecule has 2 N–H and O–H groups in total. The van der Waals surface area contributed by atoms with E-state index in [2.05, 4.69) is 70.7 Å². The van der Waals surface area contributed by atoms with E-state index in [1.807, 2.05) is 12.3 Å². The maximum atomic E-state index is 6.37. The number of imidazole rings is 1. The first-order valence-electron chi connectivity index (χ1n) is 13.7. The molecule has 0 amide bonds. The van der Waals surface area contributed by atoms with Crippen LogP contribution in [-0.2, 0) is 20.0 Å². The Kier molecular flexibility index (Phi) is 5.19. The molecule has 2 aliphatic heterocycles. The highest BCUT2D eigenvalue weighted by atomic mass is 15.2. The molecule has 3 atom stereocenters. The number of aromatic nitrogens is 4. The molecular formula is C31H34N6. The van der Waals surface area contributed by atoms with Crippen LogP contribution in [0.2, 0.25) is 0 Å². The van der Waals surface area contributed by atoms with Gasteiger partial charge in [0.15, 0.2) is 5.82 Å². The van der Waals surface area contributed by atoms with E-state index in [1.54, 1.807) is 0 Å². The number of hydrogen-bond acceptors (Lipinski definition) is 4. The average Bonchev–Trinajstić information content (AvgIpc) is 3.64. The molecule has 37 heavy (non-hydrogen) atoms. The lowest BCUT2D eigenvalue weighted by atomic mass is 10.00. The first-order chi connectivity index (χ1) is 18.0. The van der Waals surface area contributed by atoms with Crippen LogP contribution in [0, 0.1) is 23.7 Å². The summed E-state index contributed by atoms with van der Waals surface area (Å²) in [6, 6.07) is 11.3. The second-order valence-corrected chi connectivity index (χ2v) is 11.2. The topological polar surface area (TPSA) is 64.9 Å². The molecule has 5 heterocycles. The summed E-state index contributed by atoms with van der Waals surface area (Å²) in [4.78, 5) is 12.4. The molecule has 2 bridgehead atoms. The van der Waals surface area contributed by atoms with Gasteiger partial charge in [-0.1, -0.05) is 25.3 Å². The SMILES string of the molecule is C=C(c1cc(CC)c2c(c1)nc(-c1cc3cccnc3n1CC1CC1)n2C)N1CC2C#CC1CC(N)C2. The Morgan fingerprint density at radius 2 is 2.05 bits per heavy atom. The molecule has 2 fully saturated rings. The van der Waals surface area contributed by atoms with Crippen molar-refractivity contribution < 1.29 is 0 Å². The van der Waals surface area contributed by atoms with Crippen LogP contribution in [0.1, 0.15) is 43.7 Å². The summed E-state index contributed by atoms with van der Waals surface area (Å²) in [5, 5.41) is 1.17. The number of fused-ring (bicyclic) bond motifs is 5. The van der Waals surface area contributed by atoms with Crippen molar-refractivity contribution >= 4 is 27.8 Å². The predicted octanol–water partition coefficient (Wildman–Crippen LogP) is 4.96. The second kappa shape index (κ2) is 8.49. The lowest BCUT2D eigenvalue weighted by Gasteiger charge is -2.34. The van der Waals surface area contributed by atoms with Gasteiger partial charge in [-0.2, -0.15) is 0 Å². The molecule has 3 aromatic heterocycles. The Balaban J connectivity index is 1.33. The fourth-order valence-electron chi connectivity index (χ4n) is 6.36. The Morgan fingerprint density at radius 1 is 1.19 bits per heavy atom. The molecule has 1 saturated heterocycles. The van der Waals surface area contributed by atoms with Gasteiger partial charge in [-0.3, -0.25) is 0 Å². The highest BCUT2D eigenvalue weighted by Gasteiger charge is 2.32. The highest BCUT2D eigenvalue weighted by Crippen LogP contribution is 2.37. The van der Waals surface area contributed by atoms with Crippen LogP contribution >= 0.6 is 0 Å². The van der Waals surface area contributed by atoms with Crippen molar-refractivity contribution in [3.05, 3.63) is 54.2 Å². The third-order valence-corrected chi connectivity index (χ3v) is 8.49. The standard InChI is InChI=1S/C31H34N6/c1-4-22-13-24(19(2)36-18-21-9-10-26(36)16-25(32)12-21)14-27-29(22)35(3)31(34-27)28-15-23-6-5-11-33-30(23)37(28)17-20-7-8-20/h5-6,11,13-15,20-21,25-26H,2,4,7-8,12,16-18,32H2,1,3H3. The molecule has 6 heteroatoms. The van der Waals surface area contributed by atoms with Gasteiger partial charge in [-0.15, -0.1) is 0 Å². The summed E-state index contributed by atoms with van der Waals surface area (Å²) >= 11 is 0. The molecule has 4 aromatic rings. The Hall–Kier alpha value is -3.56. The van der Waals surface area contributed by atoms with Crippen molar-refractivity contribution in [1.82, 2.24) is 24.0 Å². The predicted molar refractivity (Wildman–Crippen MR) is 150 cm³/mol. The summed E-state index contributed by atoms with van der Waals surface area (Å²) in [6.45, 7) is 8.69. The highest BCUT2D eigenvalue weighted by molar-refractivity contribution is 5.89. The number of nitrogens with two attached hydrogens (primary N) is 1. The van der Waals surface area contributed by atoms with Gasteiger partial charge in [-0.05, 0) is 79.5 Å². The Labute approximate surface area is 218 Å². The van der Waals surface area contributed by atoms with Crippen LogP contribution in [0.5, 0.6) is 0 Å². The van der Waals surface area contributed by atoms with E-state index in [4.69, 9.17) is 15.7 Å². The lowest BCUT2D eigenvalue weighted by Crippen LogP contribution is -2.37. The molecular weight excluding hydrogens is 456 g/mol. The zero-order chi connectivity index (χ0) is 25.3. The number of hydrogen-bond donors (Lipinski definition) is 1. The number of rotatable bonds is 6. The fraction of sp³-hybridized carbons (Fsp3) is 0.419. The van der Waals surface area contributed by atoms with Gasteiger partial charge >= 0.3 is 0 Å². The van der Waals surface area contributed by atoms with Gasteiger partial charge in [0.2, 0.25) is 0 Å². The van der Waals surface area contributed by atoms with E-state index >= 15 is 0 Å². The van der Waals surface area contributed by atoms with Gasteiger partial charge in [0.25, 0.3) is 0 Å². The largest absolute Gasteiger partial charge is 0.356 e. The van der Waals surface area contributed by atoms with E-state index in [1.165, 1.54) is 29.3 Å². The minimum absolute atomic E-state index is 0.145. The van der Waals surface area contributed by atoms with E-state index in [0.717, 1.165) is 72.2 Å². The van der Waals surface area contributed by atoms with Crippen LogP contribution in [0.3, 0.4) is 0 Å². The quantitative estimate of drug-likeness (QED) is 0.388. The van der Waals surface area contributed by atoms with Gasteiger partial charge in [0.1, 0.15) is 5.65 Å². The van der Waals surface area contributed by atoms with Crippen molar-refractivity contribution in [2.75, 3.05) is 6.54 Å². The van der Waals surface area contributed by atoms with Crippen LogP contribution in [0.25, 0.3) is 39.3 Å². The van der Waals surface area contributed by atoms with Crippen molar-refractivity contribution in [3.8, 4) is 23.4 Å². The maximum absolute atomic E-state index is 6.37. The first-order valence-corrected chi connectivity index (χ1v) is 13.7.